The van der Waals surface area contributed by atoms with Gasteiger partial charge in [0.15, 0.2) is 5.76 Å². The first-order valence-electron chi connectivity index (χ1n) is 8.40. The van der Waals surface area contributed by atoms with E-state index in [2.05, 4.69) is 55.2 Å². The molecule has 0 unspecified atom stereocenters. The van der Waals surface area contributed by atoms with Gasteiger partial charge in [0.05, 0.1) is 6.20 Å². The smallest absolute Gasteiger partial charge is 0.226 e. The van der Waals surface area contributed by atoms with Gasteiger partial charge < -0.3 is 4.42 Å². The lowest BCUT2D eigenvalue weighted by Crippen LogP contribution is -1.89. The zero-order chi connectivity index (χ0) is 17.2. The van der Waals surface area contributed by atoms with Crippen molar-refractivity contribution in [3.63, 3.8) is 0 Å². The predicted octanol–water partition coefficient (Wildman–Crippen LogP) is 6.29. The highest BCUT2D eigenvalue weighted by molar-refractivity contribution is 5.74. The van der Waals surface area contributed by atoms with Gasteiger partial charge >= 0.3 is 0 Å². The number of oxazole rings is 1. The Morgan fingerprint density at radius 1 is 0.680 bits per heavy atom. The van der Waals surface area contributed by atoms with E-state index in [-0.39, 0.29) is 0 Å². The van der Waals surface area contributed by atoms with Crippen LogP contribution in [0, 0.1) is 13.8 Å². The molecule has 0 amide bonds. The van der Waals surface area contributed by atoms with Gasteiger partial charge in [0, 0.05) is 11.1 Å². The third kappa shape index (κ3) is 2.99. The molecule has 0 aliphatic rings. The first-order chi connectivity index (χ1) is 12.2. The fraction of sp³-hybridized carbons (Fsp3) is 0.0870. The summed E-state index contributed by atoms with van der Waals surface area (Å²) in [5.74, 6) is 1.47. The van der Waals surface area contributed by atoms with E-state index in [0.717, 1.165) is 16.9 Å². The highest BCUT2D eigenvalue weighted by Crippen LogP contribution is 2.34. The second-order valence-electron chi connectivity index (χ2n) is 6.25. The summed E-state index contributed by atoms with van der Waals surface area (Å²) in [6, 6.07) is 24.8. The van der Waals surface area contributed by atoms with Crippen molar-refractivity contribution >= 4 is 0 Å². The van der Waals surface area contributed by atoms with Gasteiger partial charge in [-0.15, -0.1) is 0 Å². The topological polar surface area (TPSA) is 26.0 Å². The van der Waals surface area contributed by atoms with Crippen LogP contribution in [0.2, 0.25) is 0 Å². The zero-order valence-electron chi connectivity index (χ0n) is 14.4. The molecule has 0 saturated heterocycles. The Hall–Kier alpha value is -3.13. The van der Waals surface area contributed by atoms with E-state index >= 15 is 0 Å². The van der Waals surface area contributed by atoms with E-state index in [0.29, 0.717) is 5.89 Å². The maximum atomic E-state index is 6.05. The molecular weight excluding hydrogens is 306 g/mol. The lowest BCUT2D eigenvalue weighted by molar-refractivity contribution is 0.588. The molecule has 122 valence electrons. The molecule has 2 heteroatoms. The second-order valence-corrected chi connectivity index (χ2v) is 6.25. The number of nitrogens with zero attached hydrogens (tertiary/aromatic N) is 1. The Bertz CT molecular complexity index is 978. The molecule has 0 aliphatic carbocycles. The van der Waals surface area contributed by atoms with Crippen LogP contribution < -0.4 is 0 Å². The normalized spacial score (nSPS) is 10.8. The summed E-state index contributed by atoms with van der Waals surface area (Å²) in [5.41, 5.74) is 6.94. The van der Waals surface area contributed by atoms with Crippen LogP contribution in [0.25, 0.3) is 33.9 Å². The van der Waals surface area contributed by atoms with E-state index in [9.17, 15) is 0 Å². The first kappa shape index (κ1) is 15.4. The van der Waals surface area contributed by atoms with Crippen molar-refractivity contribution in [3.8, 4) is 33.9 Å². The number of benzene rings is 3. The van der Waals surface area contributed by atoms with Crippen molar-refractivity contribution in [2.24, 2.45) is 0 Å². The molecule has 0 N–H and O–H groups in total. The molecule has 0 aliphatic heterocycles. The molecule has 3 aromatic carbocycles. The lowest BCUT2D eigenvalue weighted by Gasteiger charge is -2.11. The first-order valence-corrected chi connectivity index (χ1v) is 8.40. The summed E-state index contributed by atoms with van der Waals surface area (Å²) in [6.07, 6.45) is 1.82. The van der Waals surface area contributed by atoms with Crippen LogP contribution in [-0.2, 0) is 0 Å². The van der Waals surface area contributed by atoms with Gasteiger partial charge in [-0.05, 0) is 48.2 Å². The minimum atomic E-state index is 0.654. The number of aryl methyl sites for hydroxylation is 2. The van der Waals surface area contributed by atoms with Crippen LogP contribution >= 0.6 is 0 Å². The van der Waals surface area contributed by atoms with Gasteiger partial charge in [-0.25, -0.2) is 4.98 Å². The number of hydrogen-bond acceptors (Lipinski definition) is 2. The summed E-state index contributed by atoms with van der Waals surface area (Å²) in [7, 11) is 0. The standard InChI is InChI=1S/C23H19NO/c1-16-13-20(18-9-5-3-6-10-18)14-17(2)22(16)21-15-24-23(25-21)19-11-7-4-8-12-19/h3-15H,1-2H3. The van der Waals surface area contributed by atoms with E-state index < -0.39 is 0 Å². The van der Waals surface area contributed by atoms with Gasteiger partial charge in [-0.1, -0.05) is 60.7 Å². The lowest BCUT2D eigenvalue weighted by atomic mass is 9.94. The van der Waals surface area contributed by atoms with Crippen molar-refractivity contribution in [3.05, 3.63) is 90.1 Å². The highest BCUT2D eigenvalue weighted by Gasteiger charge is 2.14. The molecule has 2 nitrogen and oxygen atoms in total. The molecule has 4 aromatic rings. The Kier molecular flexibility index (Phi) is 3.95. The van der Waals surface area contributed by atoms with E-state index in [1.54, 1.807) is 0 Å². The van der Waals surface area contributed by atoms with Crippen molar-refractivity contribution in [1.29, 1.82) is 0 Å². The number of aromatic nitrogens is 1. The molecule has 0 atom stereocenters. The van der Waals surface area contributed by atoms with E-state index in [1.807, 2.05) is 42.6 Å². The quantitative estimate of drug-likeness (QED) is 0.442. The minimum absolute atomic E-state index is 0.654. The van der Waals surface area contributed by atoms with Crippen molar-refractivity contribution < 1.29 is 4.42 Å². The number of hydrogen-bond donors (Lipinski definition) is 0. The summed E-state index contributed by atoms with van der Waals surface area (Å²) >= 11 is 0. The average molecular weight is 325 g/mol. The van der Waals surface area contributed by atoms with Gasteiger partial charge in [0.2, 0.25) is 5.89 Å². The van der Waals surface area contributed by atoms with Crippen LogP contribution in [0.4, 0.5) is 0 Å². The summed E-state index contributed by atoms with van der Waals surface area (Å²) in [6.45, 7) is 4.25. The Morgan fingerprint density at radius 2 is 1.24 bits per heavy atom. The zero-order valence-corrected chi connectivity index (χ0v) is 14.4. The summed E-state index contributed by atoms with van der Waals surface area (Å²) < 4.78 is 6.05. The summed E-state index contributed by atoms with van der Waals surface area (Å²) in [5, 5.41) is 0. The van der Waals surface area contributed by atoms with Crippen molar-refractivity contribution in [1.82, 2.24) is 4.98 Å². The largest absolute Gasteiger partial charge is 0.436 e. The van der Waals surface area contributed by atoms with Crippen LogP contribution in [0.1, 0.15) is 11.1 Å². The SMILES string of the molecule is Cc1cc(-c2ccccc2)cc(C)c1-c1cnc(-c2ccccc2)o1. The molecular formula is C23H19NO. The van der Waals surface area contributed by atoms with E-state index in [1.165, 1.54) is 22.3 Å². The molecule has 0 radical (unpaired) electrons. The molecule has 4 rings (SSSR count). The second kappa shape index (κ2) is 6.40. The maximum absolute atomic E-state index is 6.05. The molecule has 1 heterocycles. The summed E-state index contributed by atoms with van der Waals surface area (Å²) in [4.78, 5) is 4.46. The Balaban J connectivity index is 1.76. The van der Waals surface area contributed by atoms with Gasteiger partial charge in [-0.3, -0.25) is 0 Å². The molecule has 0 spiro atoms. The Labute approximate surface area is 147 Å². The predicted molar refractivity (Wildman–Crippen MR) is 102 cm³/mol. The number of rotatable bonds is 3. The highest BCUT2D eigenvalue weighted by atomic mass is 16.4. The fourth-order valence-electron chi connectivity index (χ4n) is 3.25. The van der Waals surface area contributed by atoms with Crippen LogP contribution in [-0.4, -0.2) is 4.98 Å². The molecule has 1 aromatic heterocycles. The molecule has 0 fully saturated rings. The monoisotopic (exact) mass is 325 g/mol. The van der Waals surface area contributed by atoms with Gasteiger partial charge in [-0.2, -0.15) is 0 Å². The minimum Gasteiger partial charge on any atom is -0.436 e. The van der Waals surface area contributed by atoms with E-state index in [4.69, 9.17) is 4.42 Å². The van der Waals surface area contributed by atoms with Crippen LogP contribution in [0.15, 0.2) is 83.4 Å². The van der Waals surface area contributed by atoms with Crippen LogP contribution in [0.3, 0.4) is 0 Å². The van der Waals surface area contributed by atoms with Crippen molar-refractivity contribution in [2.45, 2.75) is 13.8 Å². The van der Waals surface area contributed by atoms with Gasteiger partial charge in [0.25, 0.3) is 0 Å². The van der Waals surface area contributed by atoms with Gasteiger partial charge in [0.1, 0.15) is 0 Å². The van der Waals surface area contributed by atoms with Crippen LogP contribution in [0.5, 0.6) is 0 Å². The average Bonchev–Trinajstić information content (AvgIpc) is 3.12. The fourth-order valence-corrected chi connectivity index (χ4v) is 3.25. The Morgan fingerprint density at radius 3 is 1.84 bits per heavy atom. The molecule has 0 saturated carbocycles. The van der Waals surface area contributed by atoms with Crippen molar-refractivity contribution in [2.75, 3.05) is 0 Å². The third-order valence-corrected chi connectivity index (χ3v) is 4.41. The molecule has 0 bridgehead atoms. The molecule has 25 heavy (non-hydrogen) atoms. The maximum Gasteiger partial charge on any atom is 0.226 e. The third-order valence-electron chi connectivity index (χ3n) is 4.41.